The molecule has 0 spiro atoms. The van der Waals surface area contributed by atoms with Gasteiger partial charge in [-0.05, 0) is 44.7 Å². The van der Waals surface area contributed by atoms with E-state index in [1.165, 1.54) is 11.1 Å². The lowest BCUT2D eigenvalue weighted by Crippen LogP contribution is -2.46. The van der Waals surface area contributed by atoms with Gasteiger partial charge in [0.2, 0.25) is 0 Å². The number of carbonyl (C=O) groups excluding carboxylic acids is 1. The quantitative estimate of drug-likeness (QED) is 0.776. The molecular formula is C25H34N4O2. The third-order valence-corrected chi connectivity index (χ3v) is 6.29. The van der Waals surface area contributed by atoms with Crippen molar-refractivity contribution < 1.29 is 9.53 Å². The summed E-state index contributed by atoms with van der Waals surface area (Å²) < 4.78 is 5.95. The summed E-state index contributed by atoms with van der Waals surface area (Å²) in [6, 6.07) is 14.6. The van der Waals surface area contributed by atoms with Crippen LogP contribution in [0.2, 0.25) is 0 Å². The van der Waals surface area contributed by atoms with Gasteiger partial charge in [0.15, 0.2) is 0 Å². The molecule has 1 unspecified atom stereocenters. The molecule has 2 aliphatic heterocycles. The van der Waals surface area contributed by atoms with Gasteiger partial charge in [0.1, 0.15) is 12.4 Å². The minimum absolute atomic E-state index is 0.0225. The molecule has 0 aliphatic carbocycles. The highest BCUT2D eigenvalue weighted by Gasteiger charge is 2.26. The Hall–Kier alpha value is -2.57. The molecule has 2 aliphatic rings. The summed E-state index contributed by atoms with van der Waals surface area (Å²) in [7, 11) is 2.15. The van der Waals surface area contributed by atoms with Gasteiger partial charge in [-0.25, -0.2) is 0 Å². The molecule has 1 N–H and O–H groups in total. The van der Waals surface area contributed by atoms with Gasteiger partial charge >= 0.3 is 0 Å². The number of aryl methyl sites for hydroxylation is 1. The van der Waals surface area contributed by atoms with Crippen LogP contribution in [0.3, 0.4) is 0 Å². The fraction of sp³-hybridized carbons (Fsp3) is 0.480. The summed E-state index contributed by atoms with van der Waals surface area (Å²) in [6.45, 7) is 11.6. The van der Waals surface area contributed by atoms with Crippen molar-refractivity contribution in [2.75, 3.05) is 57.8 Å². The van der Waals surface area contributed by atoms with E-state index >= 15 is 0 Å². The van der Waals surface area contributed by atoms with Gasteiger partial charge in [0.05, 0.1) is 11.7 Å². The zero-order valence-electron chi connectivity index (χ0n) is 18.9. The highest BCUT2D eigenvalue weighted by atomic mass is 16.5. The molecule has 2 aromatic rings. The molecule has 166 valence electrons. The lowest BCUT2D eigenvalue weighted by atomic mass is 10.1. The number of piperazine rings is 1. The Labute approximate surface area is 185 Å². The number of ether oxygens (including phenoxy) is 1. The fourth-order valence-electron chi connectivity index (χ4n) is 4.29. The van der Waals surface area contributed by atoms with E-state index in [0.717, 1.165) is 50.7 Å². The van der Waals surface area contributed by atoms with Gasteiger partial charge in [-0.2, -0.15) is 0 Å². The Morgan fingerprint density at radius 1 is 1.13 bits per heavy atom. The van der Waals surface area contributed by atoms with Gasteiger partial charge in [-0.3, -0.25) is 9.69 Å². The van der Waals surface area contributed by atoms with Crippen LogP contribution in [0, 0.1) is 6.92 Å². The Kier molecular flexibility index (Phi) is 6.78. The topological polar surface area (TPSA) is 48.1 Å². The lowest BCUT2D eigenvalue weighted by molar-refractivity contribution is 0.0941. The number of nitrogens with one attached hydrogen (secondary N) is 1. The Balaban J connectivity index is 1.42. The van der Waals surface area contributed by atoms with E-state index in [9.17, 15) is 4.79 Å². The van der Waals surface area contributed by atoms with Crippen molar-refractivity contribution in [3.05, 3.63) is 59.2 Å². The van der Waals surface area contributed by atoms with Crippen LogP contribution in [-0.2, 0) is 6.54 Å². The molecule has 0 bridgehead atoms. The van der Waals surface area contributed by atoms with Crippen molar-refractivity contribution in [1.29, 1.82) is 0 Å². The van der Waals surface area contributed by atoms with E-state index in [2.05, 4.69) is 65.2 Å². The third-order valence-electron chi connectivity index (χ3n) is 6.29. The molecule has 31 heavy (non-hydrogen) atoms. The smallest absolute Gasteiger partial charge is 0.251 e. The van der Waals surface area contributed by atoms with Crippen molar-refractivity contribution in [1.82, 2.24) is 15.1 Å². The van der Waals surface area contributed by atoms with E-state index in [1.807, 2.05) is 18.2 Å². The molecule has 6 nitrogen and oxygen atoms in total. The van der Waals surface area contributed by atoms with Crippen LogP contribution < -0.4 is 15.0 Å². The van der Waals surface area contributed by atoms with E-state index in [-0.39, 0.29) is 11.9 Å². The Morgan fingerprint density at radius 2 is 1.94 bits per heavy atom. The average molecular weight is 423 g/mol. The summed E-state index contributed by atoms with van der Waals surface area (Å²) in [5, 5.41) is 3.09. The normalized spacial score (nSPS) is 19.6. The second-order valence-electron chi connectivity index (χ2n) is 8.86. The molecule has 0 radical (unpaired) electrons. The van der Waals surface area contributed by atoms with Crippen molar-refractivity contribution in [3.8, 4) is 5.75 Å². The maximum absolute atomic E-state index is 12.8. The molecular weight excluding hydrogens is 388 g/mol. The first-order valence-electron chi connectivity index (χ1n) is 11.3. The third kappa shape index (κ3) is 5.38. The lowest BCUT2D eigenvalue weighted by Gasteiger charge is -2.37. The van der Waals surface area contributed by atoms with Gasteiger partial charge in [0, 0.05) is 51.4 Å². The number of anilines is 1. The number of rotatable bonds is 6. The van der Waals surface area contributed by atoms with Crippen molar-refractivity contribution >= 4 is 11.6 Å². The summed E-state index contributed by atoms with van der Waals surface area (Å²) in [4.78, 5) is 19.9. The molecule has 2 heterocycles. The molecule has 1 fully saturated rings. The van der Waals surface area contributed by atoms with Crippen LogP contribution >= 0.6 is 0 Å². The first kappa shape index (κ1) is 21.7. The summed E-state index contributed by atoms with van der Waals surface area (Å²) >= 11 is 0. The standard InChI is InChI=1S/C25H34N4O2/c1-19-5-4-6-21(15-19)17-29-20(2)18-31-24-8-7-22(16-23(24)29)25(30)26-9-10-28-13-11-27(3)12-14-28/h4-8,15-16,20H,9-14,17-18H2,1-3H3,(H,26,30). The Bertz CT molecular complexity index is 908. The van der Waals surface area contributed by atoms with Crippen LogP contribution in [0.4, 0.5) is 5.69 Å². The number of benzene rings is 2. The largest absolute Gasteiger partial charge is 0.489 e. The minimum Gasteiger partial charge on any atom is -0.489 e. The summed E-state index contributed by atoms with van der Waals surface area (Å²) in [5.74, 6) is 0.824. The number of amides is 1. The van der Waals surface area contributed by atoms with E-state index < -0.39 is 0 Å². The van der Waals surface area contributed by atoms with E-state index in [1.54, 1.807) is 0 Å². The van der Waals surface area contributed by atoms with Crippen LogP contribution in [-0.4, -0.2) is 74.7 Å². The highest BCUT2D eigenvalue weighted by molar-refractivity contribution is 5.95. The SMILES string of the molecule is Cc1cccc(CN2c3cc(C(=O)NCCN4CCN(C)CC4)ccc3OCC2C)c1. The summed E-state index contributed by atoms with van der Waals surface area (Å²) in [6.07, 6.45) is 0. The number of carbonyl (C=O) groups is 1. The molecule has 2 aromatic carbocycles. The molecule has 1 amide bonds. The zero-order valence-corrected chi connectivity index (χ0v) is 18.9. The Morgan fingerprint density at radius 3 is 2.71 bits per heavy atom. The molecule has 6 heteroatoms. The minimum atomic E-state index is -0.0225. The fourth-order valence-corrected chi connectivity index (χ4v) is 4.29. The van der Waals surface area contributed by atoms with E-state index in [0.29, 0.717) is 18.7 Å². The number of hydrogen-bond donors (Lipinski definition) is 1. The maximum atomic E-state index is 12.8. The molecule has 0 saturated carbocycles. The number of fused-ring (bicyclic) bond motifs is 1. The van der Waals surface area contributed by atoms with Crippen molar-refractivity contribution in [2.24, 2.45) is 0 Å². The zero-order chi connectivity index (χ0) is 21.8. The molecule has 0 aromatic heterocycles. The van der Waals surface area contributed by atoms with Crippen LogP contribution in [0.5, 0.6) is 5.75 Å². The van der Waals surface area contributed by atoms with Gasteiger partial charge < -0.3 is 19.9 Å². The number of nitrogens with zero attached hydrogens (tertiary/aromatic N) is 3. The van der Waals surface area contributed by atoms with Crippen LogP contribution in [0.25, 0.3) is 0 Å². The van der Waals surface area contributed by atoms with Crippen LogP contribution in [0.15, 0.2) is 42.5 Å². The number of hydrogen-bond acceptors (Lipinski definition) is 5. The molecule has 1 atom stereocenters. The summed E-state index contributed by atoms with van der Waals surface area (Å²) in [5.41, 5.74) is 4.20. The maximum Gasteiger partial charge on any atom is 0.251 e. The monoisotopic (exact) mass is 422 g/mol. The highest BCUT2D eigenvalue weighted by Crippen LogP contribution is 2.35. The second-order valence-corrected chi connectivity index (χ2v) is 8.86. The average Bonchev–Trinajstić information content (AvgIpc) is 2.77. The van der Waals surface area contributed by atoms with Gasteiger partial charge in [0.25, 0.3) is 5.91 Å². The first-order valence-corrected chi connectivity index (χ1v) is 11.3. The predicted octanol–water partition coefficient (Wildman–Crippen LogP) is 2.76. The molecule has 4 rings (SSSR count). The second kappa shape index (κ2) is 9.71. The van der Waals surface area contributed by atoms with E-state index in [4.69, 9.17) is 4.74 Å². The number of likely N-dealkylation sites (N-methyl/N-ethyl adjacent to an activating group) is 1. The van der Waals surface area contributed by atoms with Gasteiger partial charge in [-0.15, -0.1) is 0 Å². The van der Waals surface area contributed by atoms with Crippen molar-refractivity contribution in [2.45, 2.75) is 26.4 Å². The predicted molar refractivity (Wildman–Crippen MR) is 125 cm³/mol. The molecule has 1 saturated heterocycles. The van der Waals surface area contributed by atoms with Gasteiger partial charge in [-0.1, -0.05) is 29.8 Å². The van der Waals surface area contributed by atoms with Crippen LogP contribution in [0.1, 0.15) is 28.4 Å². The first-order chi connectivity index (χ1) is 15.0. The van der Waals surface area contributed by atoms with Crippen molar-refractivity contribution in [3.63, 3.8) is 0 Å².